The molecule has 0 unspecified atom stereocenters. The third-order valence-corrected chi connectivity index (χ3v) is 3.31. The van der Waals surface area contributed by atoms with Crippen molar-refractivity contribution in [1.29, 1.82) is 0 Å². The summed E-state index contributed by atoms with van der Waals surface area (Å²) in [5.74, 6) is 0.840. The molecule has 22 heavy (non-hydrogen) atoms. The van der Waals surface area contributed by atoms with Gasteiger partial charge in [-0.3, -0.25) is 4.99 Å². The summed E-state index contributed by atoms with van der Waals surface area (Å²) in [7, 11) is 1.80. The van der Waals surface area contributed by atoms with Gasteiger partial charge in [-0.1, -0.05) is 60.2 Å². The Hall–Kier alpha value is -1.56. The van der Waals surface area contributed by atoms with Crippen LogP contribution < -0.4 is 10.6 Å². The van der Waals surface area contributed by atoms with Crippen LogP contribution in [-0.4, -0.2) is 19.6 Å². The van der Waals surface area contributed by atoms with Gasteiger partial charge in [-0.15, -0.1) is 24.0 Å². The summed E-state index contributed by atoms with van der Waals surface area (Å²) in [6, 6.07) is 19.0. The molecule has 0 spiro atoms. The Morgan fingerprint density at radius 1 is 0.955 bits per heavy atom. The predicted octanol–water partition coefficient (Wildman–Crippen LogP) is 3.52. The number of aryl methyl sites for hydroxylation is 1. The second-order valence-electron chi connectivity index (χ2n) is 5.08. The van der Waals surface area contributed by atoms with Crippen LogP contribution in [0.1, 0.15) is 16.7 Å². The highest BCUT2D eigenvalue weighted by Crippen LogP contribution is 2.03. The first-order valence-corrected chi connectivity index (χ1v) is 7.32. The van der Waals surface area contributed by atoms with E-state index in [4.69, 9.17) is 0 Å². The van der Waals surface area contributed by atoms with E-state index < -0.39 is 0 Å². The van der Waals surface area contributed by atoms with Crippen molar-refractivity contribution in [2.45, 2.75) is 19.9 Å². The number of nitrogens with zero attached hydrogens (tertiary/aromatic N) is 1. The van der Waals surface area contributed by atoms with Crippen LogP contribution in [0.5, 0.6) is 0 Å². The minimum absolute atomic E-state index is 0. The van der Waals surface area contributed by atoms with Gasteiger partial charge < -0.3 is 10.6 Å². The molecule has 0 heterocycles. The lowest BCUT2D eigenvalue weighted by atomic mass is 10.1. The van der Waals surface area contributed by atoms with E-state index in [0.29, 0.717) is 0 Å². The summed E-state index contributed by atoms with van der Waals surface area (Å²) in [5.41, 5.74) is 3.88. The van der Waals surface area contributed by atoms with Crippen LogP contribution in [0, 0.1) is 6.92 Å². The number of nitrogens with one attached hydrogen (secondary N) is 2. The highest BCUT2D eigenvalue weighted by molar-refractivity contribution is 14.0. The van der Waals surface area contributed by atoms with Crippen LogP contribution in [0.3, 0.4) is 0 Å². The van der Waals surface area contributed by atoms with Crippen molar-refractivity contribution >= 4 is 29.9 Å². The van der Waals surface area contributed by atoms with Gasteiger partial charge in [0, 0.05) is 20.1 Å². The molecule has 4 heteroatoms. The van der Waals surface area contributed by atoms with Crippen LogP contribution in [0.2, 0.25) is 0 Å². The molecular weight excluding hydrogens is 385 g/mol. The molecule has 0 saturated carbocycles. The molecule has 0 bridgehead atoms. The van der Waals surface area contributed by atoms with Gasteiger partial charge in [-0.2, -0.15) is 0 Å². The minimum atomic E-state index is 0. The maximum absolute atomic E-state index is 4.25. The van der Waals surface area contributed by atoms with E-state index in [2.05, 4.69) is 71.1 Å². The normalized spacial score (nSPS) is 10.7. The Morgan fingerprint density at radius 3 is 2.36 bits per heavy atom. The van der Waals surface area contributed by atoms with E-state index in [0.717, 1.165) is 25.5 Å². The fourth-order valence-electron chi connectivity index (χ4n) is 2.20. The summed E-state index contributed by atoms with van der Waals surface area (Å²) >= 11 is 0. The van der Waals surface area contributed by atoms with Gasteiger partial charge in [0.05, 0.1) is 0 Å². The lowest BCUT2D eigenvalue weighted by Crippen LogP contribution is -2.37. The van der Waals surface area contributed by atoms with E-state index in [1.807, 2.05) is 6.07 Å². The zero-order valence-electron chi connectivity index (χ0n) is 13.2. The standard InChI is InChI=1S/C18H23N3.HI/c1-15-7-6-10-17(13-15)14-21-18(19-2)20-12-11-16-8-4-3-5-9-16;/h3-10,13H,11-12,14H2,1-2H3,(H2,19,20,21);1H. The molecule has 0 aliphatic heterocycles. The van der Waals surface area contributed by atoms with Crippen molar-refractivity contribution in [3.8, 4) is 0 Å². The zero-order chi connectivity index (χ0) is 14.9. The molecule has 0 radical (unpaired) electrons. The van der Waals surface area contributed by atoms with Crippen LogP contribution in [-0.2, 0) is 13.0 Å². The van der Waals surface area contributed by atoms with Gasteiger partial charge in [0.2, 0.25) is 0 Å². The Bertz CT molecular complexity index is 582. The van der Waals surface area contributed by atoms with Gasteiger partial charge in [-0.25, -0.2) is 0 Å². The number of hydrogen-bond donors (Lipinski definition) is 2. The lowest BCUT2D eigenvalue weighted by Gasteiger charge is -2.12. The molecule has 0 saturated heterocycles. The van der Waals surface area contributed by atoms with E-state index in [-0.39, 0.29) is 24.0 Å². The van der Waals surface area contributed by atoms with Crippen molar-refractivity contribution in [1.82, 2.24) is 10.6 Å². The van der Waals surface area contributed by atoms with Crippen molar-refractivity contribution in [3.05, 3.63) is 71.3 Å². The largest absolute Gasteiger partial charge is 0.356 e. The van der Waals surface area contributed by atoms with E-state index >= 15 is 0 Å². The number of aliphatic imine (C=N–C) groups is 1. The molecule has 0 aliphatic rings. The van der Waals surface area contributed by atoms with E-state index in [1.165, 1.54) is 16.7 Å². The first-order chi connectivity index (χ1) is 10.3. The maximum Gasteiger partial charge on any atom is 0.191 e. The SMILES string of the molecule is CN=C(NCCc1ccccc1)NCc1cccc(C)c1.I. The Morgan fingerprint density at radius 2 is 1.68 bits per heavy atom. The molecule has 0 fully saturated rings. The number of rotatable bonds is 5. The number of guanidine groups is 1. The summed E-state index contributed by atoms with van der Waals surface area (Å²) in [6.07, 6.45) is 0.992. The quantitative estimate of drug-likeness (QED) is 0.451. The Kier molecular flexibility index (Phi) is 8.58. The number of halogens is 1. The van der Waals surface area contributed by atoms with Gasteiger partial charge in [0.15, 0.2) is 5.96 Å². The summed E-state index contributed by atoms with van der Waals surface area (Å²) in [6.45, 7) is 3.76. The van der Waals surface area contributed by atoms with Crippen LogP contribution in [0.4, 0.5) is 0 Å². The van der Waals surface area contributed by atoms with Crippen molar-refractivity contribution < 1.29 is 0 Å². The summed E-state index contributed by atoms with van der Waals surface area (Å²) in [5, 5.41) is 6.68. The summed E-state index contributed by atoms with van der Waals surface area (Å²) in [4.78, 5) is 4.25. The molecule has 0 aliphatic carbocycles. The third kappa shape index (κ3) is 6.47. The molecule has 2 aromatic rings. The molecule has 2 N–H and O–H groups in total. The first kappa shape index (κ1) is 18.5. The lowest BCUT2D eigenvalue weighted by molar-refractivity contribution is 0.794. The molecule has 2 aromatic carbocycles. The Labute approximate surface area is 150 Å². The van der Waals surface area contributed by atoms with Gasteiger partial charge >= 0.3 is 0 Å². The van der Waals surface area contributed by atoms with Crippen molar-refractivity contribution in [2.24, 2.45) is 4.99 Å². The zero-order valence-corrected chi connectivity index (χ0v) is 15.5. The second-order valence-corrected chi connectivity index (χ2v) is 5.08. The van der Waals surface area contributed by atoms with Gasteiger partial charge in [0.25, 0.3) is 0 Å². The molecule has 2 rings (SSSR count). The summed E-state index contributed by atoms with van der Waals surface area (Å²) < 4.78 is 0. The molecule has 118 valence electrons. The van der Waals surface area contributed by atoms with Crippen LogP contribution in [0.25, 0.3) is 0 Å². The highest BCUT2D eigenvalue weighted by Gasteiger charge is 1.99. The molecule has 0 amide bonds. The van der Waals surface area contributed by atoms with E-state index in [9.17, 15) is 0 Å². The van der Waals surface area contributed by atoms with Crippen molar-refractivity contribution in [3.63, 3.8) is 0 Å². The molecule has 3 nitrogen and oxygen atoms in total. The van der Waals surface area contributed by atoms with Gasteiger partial charge in [-0.05, 0) is 24.5 Å². The topological polar surface area (TPSA) is 36.4 Å². The fraction of sp³-hybridized carbons (Fsp3) is 0.278. The predicted molar refractivity (Wildman–Crippen MR) is 105 cm³/mol. The Balaban J connectivity index is 0.00000242. The molecule has 0 atom stereocenters. The second kappa shape index (κ2) is 10.2. The highest BCUT2D eigenvalue weighted by atomic mass is 127. The smallest absolute Gasteiger partial charge is 0.191 e. The average molecular weight is 409 g/mol. The molecule has 0 aromatic heterocycles. The van der Waals surface area contributed by atoms with Gasteiger partial charge in [0.1, 0.15) is 0 Å². The first-order valence-electron chi connectivity index (χ1n) is 7.32. The number of benzene rings is 2. The number of hydrogen-bond acceptors (Lipinski definition) is 1. The maximum atomic E-state index is 4.25. The average Bonchev–Trinajstić information content (AvgIpc) is 2.52. The van der Waals surface area contributed by atoms with Crippen LogP contribution >= 0.6 is 24.0 Å². The molecular formula is C18H24IN3. The van der Waals surface area contributed by atoms with E-state index in [1.54, 1.807) is 7.05 Å². The minimum Gasteiger partial charge on any atom is -0.356 e. The van der Waals surface area contributed by atoms with Crippen LogP contribution in [0.15, 0.2) is 59.6 Å². The van der Waals surface area contributed by atoms with Crippen molar-refractivity contribution in [2.75, 3.05) is 13.6 Å². The monoisotopic (exact) mass is 409 g/mol. The third-order valence-electron chi connectivity index (χ3n) is 3.31. The fourth-order valence-corrected chi connectivity index (χ4v) is 2.20.